The molecule has 0 unspecified atom stereocenters. The first-order valence-corrected chi connectivity index (χ1v) is 11.4. The van der Waals surface area contributed by atoms with Crippen LogP contribution in [0.4, 0.5) is 0 Å². The number of carbonyl (C=O) groups excluding carboxylic acids is 1. The molecule has 8 nitrogen and oxygen atoms in total. The zero-order valence-corrected chi connectivity index (χ0v) is 18.7. The number of carbonyl (C=O) groups is 1. The zero-order valence-electron chi connectivity index (χ0n) is 17.9. The number of nitrogens with one attached hydrogen (secondary N) is 1. The maximum absolute atomic E-state index is 13.0. The molecule has 1 saturated heterocycles. The lowest BCUT2D eigenvalue weighted by Gasteiger charge is -2.26. The number of methoxy groups -OCH3 is 2. The highest BCUT2D eigenvalue weighted by Gasteiger charge is 2.27. The lowest BCUT2D eigenvalue weighted by atomic mass is 10.1. The Labute approximate surface area is 177 Å². The third-order valence-electron chi connectivity index (χ3n) is 5.58. The van der Waals surface area contributed by atoms with E-state index >= 15 is 0 Å². The Morgan fingerprint density at radius 3 is 2.43 bits per heavy atom. The van der Waals surface area contributed by atoms with E-state index in [0.29, 0.717) is 41.5 Å². The number of amides is 1. The van der Waals surface area contributed by atoms with Gasteiger partial charge in [0.2, 0.25) is 10.0 Å². The van der Waals surface area contributed by atoms with E-state index in [0.717, 1.165) is 19.3 Å². The molecule has 0 spiro atoms. The maximum atomic E-state index is 13.0. The van der Waals surface area contributed by atoms with Gasteiger partial charge in [-0.3, -0.25) is 4.79 Å². The quantitative estimate of drug-likeness (QED) is 0.722. The third-order valence-corrected chi connectivity index (χ3v) is 7.10. The molecule has 1 N–H and O–H groups in total. The van der Waals surface area contributed by atoms with Gasteiger partial charge in [0.1, 0.15) is 22.1 Å². The molecule has 2 heterocycles. The first-order valence-electron chi connectivity index (χ1n) is 9.94. The highest BCUT2D eigenvalue weighted by molar-refractivity contribution is 7.89. The van der Waals surface area contributed by atoms with Crippen LogP contribution < -0.4 is 14.2 Å². The van der Waals surface area contributed by atoms with E-state index in [1.165, 1.54) is 13.2 Å². The SMILES string of the molecule is COc1ccc(OC)c(CNS(=O)(=O)c2cc(C(=O)N3CCCCC3)n(C)c2C)c1. The number of benzene rings is 1. The summed E-state index contributed by atoms with van der Waals surface area (Å²) in [6.45, 7) is 3.15. The highest BCUT2D eigenvalue weighted by Crippen LogP contribution is 2.26. The van der Waals surface area contributed by atoms with Crippen molar-refractivity contribution < 1.29 is 22.7 Å². The van der Waals surface area contributed by atoms with Crippen molar-refractivity contribution in [3.63, 3.8) is 0 Å². The Kier molecular flexibility index (Phi) is 6.72. The van der Waals surface area contributed by atoms with E-state index in [1.807, 2.05) is 0 Å². The van der Waals surface area contributed by atoms with Crippen molar-refractivity contribution in [3.8, 4) is 11.5 Å². The van der Waals surface area contributed by atoms with Crippen LogP contribution in [-0.4, -0.2) is 51.1 Å². The summed E-state index contributed by atoms with van der Waals surface area (Å²) in [6, 6.07) is 6.67. The molecular weight excluding hydrogens is 406 g/mol. The highest BCUT2D eigenvalue weighted by atomic mass is 32.2. The number of hydrogen-bond donors (Lipinski definition) is 1. The van der Waals surface area contributed by atoms with Crippen molar-refractivity contribution in [3.05, 3.63) is 41.2 Å². The van der Waals surface area contributed by atoms with Gasteiger partial charge in [0.15, 0.2) is 0 Å². The second-order valence-corrected chi connectivity index (χ2v) is 9.13. The fourth-order valence-corrected chi connectivity index (χ4v) is 4.97. The van der Waals surface area contributed by atoms with Crippen LogP contribution in [0.2, 0.25) is 0 Å². The summed E-state index contributed by atoms with van der Waals surface area (Å²) in [5.74, 6) is 1.04. The Morgan fingerprint density at radius 1 is 1.10 bits per heavy atom. The normalized spacial score (nSPS) is 14.6. The lowest BCUT2D eigenvalue weighted by Crippen LogP contribution is -2.36. The molecule has 1 fully saturated rings. The summed E-state index contributed by atoms with van der Waals surface area (Å²) in [4.78, 5) is 14.8. The number of rotatable bonds is 7. The van der Waals surface area contributed by atoms with Crippen molar-refractivity contribution in [2.24, 2.45) is 7.05 Å². The first kappa shape index (κ1) is 22.2. The van der Waals surface area contributed by atoms with Gasteiger partial charge in [-0.1, -0.05) is 0 Å². The smallest absolute Gasteiger partial charge is 0.270 e. The van der Waals surface area contributed by atoms with Crippen molar-refractivity contribution in [1.29, 1.82) is 0 Å². The average molecular weight is 436 g/mol. The van der Waals surface area contributed by atoms with Gasteiger partial charge in [-0.2, -0.15) is 0 Å². The van der Waals surface area contributed by atoms with Crippen LogP contribution in [0.5, 0.6) is 11.5 Å². The summed E-state index contributed by atoms with van der Waals surface area (Å²) < 4.78 is 40.8. The number of nitrogens with zero attached hydrogens (tertiary/aromatic N) is 2. The van der Waals surface area contributed by atoms with Crippen LogP contribution in [-0.2, 0) is 23.6 Å². The molecule has 0 aliphatic carbocycles. The fourth-order valence-electron chi connectivity index (χ4n) is 3.68. The van der Waals surface area contributed by atoms with Crippen LogP contribution in [0.25, 0.3) is 0 Å². The molecule has 0 radical (unpaired) electrons. The van der Waals surface area contributed by atoms with Gasteiger partial charge in [-0.05, 0) is 50.5 Å². The second kappa shape index (κ2) is 9.09. The molecule has 1 aliphatic heterocycles. The average Bonchev–Trinajstić information content (AvgIpc) is 3.07. The minimum Gasteiger partial charge on any atom is -0.497 e. The summed E-state index contributed by atoms with van der Waals surface area (Å²) >= 11 is 0. The van der Waals surface area contributed by atoms with E-state index < -0.39 is 10.0 Å². The molecule has 164 valence electrons. The van der Waals surface area contributed by atoms with Crippen LogP contribution in [0.3, 0.4) is 0 Å². The molecular formula is C21H29N3O5S. The molecule has 0 bridgehead atoms. The Bertz CT molecular complexity index is 1020. The van der Waals surface area contributed by atoms with E-state index in [1.54, 1.807) is 48.7 Å². The molecule has 0 atom stereocenters. The minimum atomic E-state index is -3.84. The molecule has 1 amide bonds. The molecule has 2 aromatic rings. The molecule has 0 saturated carbocycles. The number of ether oxygens (including phenoxy) is 2. The molecule has 9 heteroatoms. The standard InChI is InChI=1S/C21H29N3O5S/c1-15-20(13-18(23(15)2)21(25)24-10-6-5-7-11-24)30(26,27)22-14-16-12-17(28-3)8-9-19(16)29-4/h8-9,12-13,22H,5-7,10-11,14H2,1-4H3. The molecule has 1 aromatic heterocycles. The van der Waals surface area contributed by atoms with Crippen molar-refractivity contribution >= 4 is 15.9 Å². The van der Waals surface area contributed by atoms with Gasteiger partial charge >= 0.3 is 0 Å². The summed E-state index contributed by atoms with van der Waals surface area (Å²) in [7, 11) is 0.954. The third kappa shape index (κ3) is 4.46. The predicted octanol–water partition coefficient (Wildman–Crippen LogP) is 2.46. The topological polar surface area (TPSA) is 89.9 Å². The van der Waals surface area contributed by atoms with Crippen molar-refractivity contribution in [2.75, 3.05) is 27.3 Å². The second-order valence-electron chi connectivity index (χ2n) is 7.39. The Hall–Kier alpha value is -2.52. The summed E-state index contributed by atoms with van der Waals surface area (Å²) in [6.07, 6.45) is 3.07. The van der Waals surface area contributed by atoms with Crippen molar-refractivity contribution in [2.45, 2.75) is 37.6 Å². The molecule has 1 aromatic carbocycles. The molecule has 1 aliphatic rings. The monoisotopic (exact) mass is 435 g/mol. The van der Waals surface area contributed by atoms with Gasteiger partial charge in [-0.25, -0.2) is 13.1 Å². The van der Waals surface area contributed by atoms with Gasteiger partial charge < -0.3 is 18.9 Å². The van der Waals surface area contributed by atoms with Gasteiger partial charge in [0.05, 0.1) is 14.2 Å². The van der Waals surface area contributed by atoms with E-state index in [9.17, 15) is 13.2 Å². The van der Waals surface area contributed by atoms with E-state index in [2.05, 4.69) is 4.72 Å². The maximum Gasteiger partial charge on any atom is 0.270 e. The zero-order chi connectivity index (χ0) is 21.9. The number of piperidine rings is 1. The predicted molar refractivity (Wildman–Crippen MR) is 113 cm³/mol. The molecule has 30 heavy (non-hydrogen) atoms. The minimum absolute atomic E-state index is 0.0342. The van der Waals surface area contributed by atoms with E-state index in [-0.39, 0.29) is 17.3 Å². The number of sulfonamides is 1. The van der Waals surface area contributed by atoms with Crippen LogP contribution in [0.15, 0.2) is 29.2 Å². The number of aromatic nitrogens is 1. The Balaban J connectivity index is 1.84. The largest absolute Gasteiger partial charge is 0.497 e. The van der Waals surface area contributed by atoms with Crippen LogP contribution >= 0.6 is 0 Å². The van der Waals surface area contributed by atoms with Crippen LogP contribution in [0, 0.1) is 6.92 Å². The number of hydrogen-bond acceptors (Lipinski definition) is 5. The Morgan fingerprint density at radius 2 is 1.80 bits per heavy atom. The van der Waals surface area contributed by atoms with Crippen LogP contribution in [0.1, 0.15) is 41.0 Å². The molecule has 3 rings (SSSR count). The van der Waals surface area contributed by atoms with Gasteiger partial charge in [0.25, 0.3) is 5.91 Å². The first-order chi connectivity index (χ1) is 14.3. The van der Waals surface area contributed by atoms with E-state index in [4.69, 9.17) is 9.47 Å². The lowest BCUT2D eigenvalue weighted by molar-refractivity contribution is 0.0714. The number of likely N-dealkylation sites (tertiary alicyclic amines) is 1. The van der Waals surface area contributed by atoms with Gasteiger partial charge in [0, 0.05) is 37.9 Å². The van der Waals surface area contributed by atoms with Crippen molar-refractivity contribution in [1.82, 2.24) is 14.2 Å². The van der Waals surface area contributed by atoms with Gasteiger partial charge in [-0.15, -0.1) is 0 Å². The fraction of sp³-hybridized carbons (Fsp3) is 0.476. The summed E-state index contributed by atoms with van der Waals surface area (Å²) in [5.41, 5.74) is 1.55. The summed E-state index contributed by atoms with van der Waals surface area (Å²) in [5, 5.41) is 0.